The second-order valence-corrected chi connectivity index (χ2v) is 7.13. The smallest absolute Gasteiger partial charge is 0.242 e. The van der Waals surface area contributed by atoms with Gasteiger partial charge in [-0.15, -0.1) is 0 Å². The van der Waals surface area contributed by atoms with Crippen molar-refractivity contribution in [1.29, 1.82) is 0 Å². The van der Waals surface area contributed by atoms with Crippen LogP contribution in [0.4, 0.5) is 0 Å². The Hall–Kier alpha value is -2.10. The molecule has 4 nitrogen and oxygen atoms in total. The van der Waals surface area contributed by atoms with Crippen LogP contribution in [0, 0.1) is 0 Å². The Kier molecular flexibility index (Phi) is 5.90. The summed E-state index contributed by atoms with van der Waals surface area (Å²) in [5, 5.41) is 0. The van der Waals surface area contributed by atoms with Crippen LogP contribution in [0.3, 0.4) is 0 Å². The highest BCUT2D eigenvalue weighted by Crippen LogP contribution is 2.21. The zero-order valence-electron chi connectivity index (χ0n) is 15.2. The van der Waals surface area contributed by atoms with Crippen molar-refractivity contribution in [3.8, 4) is 0 Å². The predicted octanol–water partition coefficient (Wildman–Crippen LogP) is 3.31. The summed E-state index contributed by atoms with van der Waals surface area (Å²) in [6, 6.07) is 8.30. The lowest BCUT2D eigenvalue weighted by Gasteiger charge is -2.31. The minimum Gasteiger partial charge on any atom is -0.336 e. The molecule has 0 unspecified atom stereocenters. The molecule has 0 atom stereocenters. The molecule has 25 heavy (non-hydrogen) atoms. The maximum Gasteiger partial charge on any atom is 0.242 e. The first-order valence-electron chi connectivity index (χ1n) is 9.41. The highest BCUT2D eigenvalue weighted by atomic mass is 16.2. The second kappa shape index (κ2) is 8.32. The van der Waals surface area contributed by atoms with Gasteiger partial charge in [0, 0.05) is 26.6 Å². The summed E-state index contributed by atoms with van der Waals surface area (Å²) in [6.45, 7) is 3.81. The highest BCUT2D eigenvalue weighted by Gasteiger charge is 2.23. The zero-order chi connectivity index (χ0) is 17.6. The molecule has 0 spiro atoms. The highest BCUT2D eigenvalue weighted by molar-refractivity contribution is 5.84. The molecule has 1 aromatic rings. The van der Waals surface area contributed by atoms with Crippen LogP contribution >= 0.6 is 0 Å². The van der Waals surface area contributed by atoms with E-state index in [1.807, 2.05) is 17.0 Å². The molecule has 1 aromatic carbocycles. The molecule has 0 bridgehead atoms. The molecule has 0 saturated heterocycles. The van der Waals surface area contributed by atoms with E-state index in [9.17, 15) is 9.59 Å². The van der Waals surface area contributed by atoms with Gasteiger partial charge in [-0.3, -0.25) is 9.59 Å². The average molecular weight is 340 g/mol. The molecule has 134 valence electrons. The van der Waals surface area contributed by atoms with Crippen LogP contribution < -0.4 is 0 Å². The van der Waals surface area contributed by atoms with Crippen LogP contribution in [0.1, 0.15) is 50.2 Å². The fourth-order valence-electron chi connectivity index (χ4n) is 3.73. The lowest BCUT2D eigenvalue weighted by atomic mass is 9.97. The van der Waals surface area contributed by atoms with Crippen molar-refractivity contribution >= 4 is 11.8 Å². The molecule has 2 amide bonds. The number of hydrogen-bond donors (Lipinski definition) is 0. The van der Waals surface area contributed by atoms with Gasteiger partial charge in [0.15, 0.2) is 0 Å². The fourth-order valence-corrected chi connectivity index (χ4v) is 3.73. The molecule has 0 fully saturated rings. The van der Waals surface area contributed by atoms with E-state index < -0.39 is 0 Å². The minimum absolute atomic E-state index is 0.0119. The van der Waals surface area contributed by atoms with Gasteiger partial charge in [0.2, 0.25) is 11.8 Å². The molecule has 1 aliphatic heterocycles. The number of carbonyl (C=O) groups is 2. The molecule has 4 heteroatoms. The molecular weight excluding hydrogens is 312 g/mol. The van der Waals surface area contributed by atoms with Gasteiger partial charge in [-0.25, -0.2) is 0 Å². The first-order chi connectivity index (χ1) is 12.1. The monoisotopic (exact) mass is 340 g/mol. The van der Waals surface area contributed by atoms with Crippen LogP contribution in [0.15, 0.2) is 35.9 Å². The Bertz CT molecular complexity index is 666. The van der Waals surface area contributed by atoms with Gasteiger partial charge in [-0.05, 0) is 49.7 Å². The van der Waals surface area contributed by atoms with Crippen molar-refractivity contribution in [3.63, 3.8) is 0 Å². The molecular formula is C21H28N2O2. The molecule has 0 N–H and O–H groups in total. The number of fused-ring (bicyclic) bond motifs is 1. The lowest BCUT2D eigenvalue weighted by molar-refractivity contribution is -0.140. The number of rotatable bonds is 5. The largest absolute Gasteiger partial charge is 0.336 e. The normalized spacial score (nSPS) is 16.8. The third kappa shape index (κ3) is 4.71. The Balaban J connectivity index is 1.56. The van der Waals surface area contributed by atoms with Crippen molar-refractivity contribution in [1.82, 2.24) is 9.80 Å². The summed E-state index contributed by atoms with van der Waals surface area (Å²) in [6.07, 6.45) is 8.92. The van der Waals surface area contributed by atoms with Crippen LogP contribution in [0.25, 0.3) is 0 Å². The first kappa shape index (κ1) is 17.7. The number of benzene rings is 1. The Morgan fingerprint density at radius 2 is 1.92 bits per heavy atom. The molecule has 1 aliphatic carbocycles. The van der Waals surface area contributed by atoms with E-state index in [0.29, 0.717) is 13.1 Å². The summed E-state index contributed by atoms with van der Waals surface area (Å²) in [5.41, 5.74) is 4.00. The zero-order valence-corrected chi connectivity index (χ0v) is 15.2. The number of amides is 2. The fraction of sp³-hybridized carbons (Fsp3) is 0.524. The van der Waals surface area contributed by atoms with Crippen LogP contribution in [0.2, 0.25) is 0 Å². The van der Waals surface area contributed by atoms with E-state index in [4.69, 9.17) is 0 Å². The third-order valence-electron chi connectivity index (χ3n) is 5.34. The Morgan fingerprint density at radius 3 is 2.64 bits per heavy atom. The first-order valence-corrected chi connectivity index (χ1v) is 9.41. The molecule has 3 rings (SSSR count). The number of carbonyl (C=O) groups excluding carboxylic acids is 2. The van der Waals surface area contributed by atoms with Gasteiger partial charge >= 0.3 is 0 Å². The van der Waals surface area contributed by atoms with Crippen LogP contribution in [-0.4, -0.2) is 41.2 Å². The van der Waals surface area contributed by atoms with E-state index in [1.165, 1.54) is 29.5 Å². The van der Waals surface area contributed by atoms with Gasteiger partial charge in [0.1, 0.15) is 0 Å². The van der Waals surface area contributed by atoms with E-state index >= 15 is 0 Å². The van der Waals surface area contributed by atoms with Crippen LogP contribution in [0.5, 0.6) is 0 Å². The summed E-state index contributed by atoms with van der Waals surface area (Å²) < 4.78 is 0. The van der Waals surface area contributed by atoms with Gasteiger partial charge in [-0.1, -0.05) is 35.9 Å². The maximum absolute atomic E-state index is 12.7. The van der Waals surface area contributed by atoms with Gasteiger partial charge in [0.05, 0.1) is 6.54 Å². The summed E-state index contributed by atoms with van der Waals surface area (Å²) >= 11 is 0. The van der Waals surface area contributed by atoms with E-state index in [0.717, 1.165) is 32.2 Å². The van der Waals surface area contributed by atoms with Crippen molar-refractivity contribution in [2.75, 3.05) is 19.6 Å². The molecule has 2 aliphatic rings. The van der Waals surface area contributed by atoms with Crippen molar-refractivity contribution < 1.29 is 9.59 Å². The van der Waals surface area contributed by atoms with E-state index in [2.05, 4.69) is 18.2 Å². The second-order valence-electron chi connectivity index (χ2n) is 7.13. The van der Waals surface area contributed by atoms with Crippen molar-refractivity contribution in [2.45, 2.75) is 52.0 Å². The number of hydrogen-bond acceptors (Lipinski definition) is 2. The quantitative estimate of drug-likeness (QED) is 0.772. The average Bonchev–Trinajstić information content (AvgIpc) is 2.65. The molecule has 0 saturated carbocycles. The van der Waals surface area contributed by atoms with E-state index in [-0.39, 0.29) is 18.4 Å². The summed E-state index contributed by atoms with van der Waals surface area (Å²) in [5.74, 6) is 0.0458. The molecule has 0 aromatic heterocycles. The van der Waals surface area contributed by atoms with E-state index in [1.54, 1.807) is 11.8 Å². The maximum atomic E-state index is 12.7. The Morgan fingerprint density at radius 1 is 1.12 bits per heavy atom. The molecule has 1 heterocycles. The number of nitrogens with zero attached hydrogens (tertiary/aromatic N) is 2. The predicted molar refractivity (Wildman–Crippen MR) is 99.0 cm³/mol. The van der Waals surface area contributed by atoms with Crippen LogP contribution in [-0.2, 0) is 22.6 Å². The minimum atomic E-state index is -0.0119. The standard InChI is InChI=1S/C21H28N2O2/c1-17(24)22(13-11-18-7-3-2-4-8-18)16-21(25)23-14-12-19-9-5-6-10-20(19)15-23/h5-7,9-10H,2-4,8,11-16H2,1H3. The van der Waals surface area contributed by atoms with Gasteiger partial charge in [-0.2, -0.15) is 0 Å². The number of allylic oxidation sites excluding steroid dienone is 1. The van der Waals surface area contributed by atoms with Crippen molar-refractivity contribution in [3.05, 3.63) is 47.0 Å². The summed E-state index contributed by atoms with van der Waals surface area (Å²) in [4.78, 5) is 28.3. The van der Waals surface area contributed by atoms with Crippen molar-refractivity contribution in [2.24, 2.45) is 0 Å². The third-order valence-corrected chi connectivity index (χ3v) is 5.34. The van der Waals surface area contributed by atoms with Gasteiger partial charge < -0.3 is 9.80 Å². The topological polar surface area (TPSA) is 40.6 Å². The Labute approximate surface area is 150 Å². The SMILES string of the molecule is CC(=O)N(CCC1=CCCCC1)CC(=O)N1CCc2ccccc2C1. The molecule has 0 radical (unpaired) electrons. The lowest BCUT2D eigenvalue weighted by Crippen LogP contribution is -2.44. The summed E-state index contributed by atoms with van der Waals surface area (Å²) in [7, 11) is 0. The van der Waals surface area contributed by atoms with Gasteiger partial charge in [0.25, 0.3) is 0 Å².